The molecule has 1 amide bonds. The molecule has 0 spiro atoms. The van der Waals surface area contributed by atoms with Gasteiger partial charge in [-0.1, -0.05) is 6.07 Å². The van der Waals surface area contributed by atoms with Gasteiger partial charge in [0.05, 0.1) is 11.4 Å². The molecule has 1 aromatic rings. The van der Waals surface area contributed by atoms with Gasteiger partial charge in [0.2, 0.25) is 5.91 Å². The van der Waals surface area contributed by atoms with Gasteiger partial charge in [0.1, 0.15) is 5.82 Å². The summed E-state index contributed by atoms with van der Waals surface area (Å²) in [5.41, 5.74) is 6.65. The Morgan fingerprint density at radius 2 is 2.22 bits per heavy atom. The molecule has 1 aromatic carbocycles. The number of anilines is 2. The van der Waals surface area contributed by atoms with Gasteiger partial charge in [0.15, 0.2) is 0 Å². The van der Waals surface area contributed by atoms with Crippen molar-refractivity contribution < 1.29 is 9.18 Å². The maximum absolute atomic E-state index is 14.0. The number of carbonyl (C=O) groups excluding carboxylic acids is 1. The molecule has 1 aliphatic heterocycles. The van der Waals surface area contributed by atoms with Gasteiger partial charge >= 0.3 is 0 Å². The second kappa shape index (κ2) is 5.35. The number of fused-ring (bicyclic) bond motifs is 1. The van der Waals surface area contributed by atoms with Crippen LogP contribution in [0.15, 0.2) is 18.2 Å². The minimum absolute atomic E-state index is 0.0112. The van der Waals surface area contributed by atoms with Crippen molar-refractivity contribution in [1.82, 2.24) is 0 Å². The third kappa shape index (κ3) is 2.31. The third-order valence-corrected chi connectivity index (χ3v) is 3.24. The lowest BCUT2D eigenvalue weighted by Crippen LogP contribution is -2.28. The van der Waals surface area contributed by atoms with Crippen LogP contribution in [-0.4, -0.2) is 32.6 Å². The lowest BCUT2D eigenvalue weighted by atomic mass is 10.2. The highest BCUT2D eigenvalue weighted by molar-refractivity contribution is 5.98. The van der Waals surface area contributed by atoms with E-state index in [-0.39, 0.29) is 11.7 Å². The van der Waals surface area contributed by atoms with Crippen LogP contribution in [0.3, 0.4) is 0 Å². The molecule has 0 aromatic heterocycles. The van der Waals surface area contributed by atoms with Crippen molar-refractivity contribution in [3.63, 3.8) is 0 Å². The Morgan fingerprint density at radius 1 is 1.44 bits per heavy atom. The number of nitrogens with zero attached hydrogens (tertiary/aromatic N) is 2. The smallest absolute Gasteiger partial charge is 0.228 e. The van der Waals surface area contributed by atoms with Crippen molar-refractivity contribution >= 4 is 17.3 Å². The van der Waals surface area contributed by atoms with E-state index in [0.29, 0.717) is 37.4 Å². The summed E-state index contributed by atoms with van der Waals surface area (Å²) in [6, 6.07) is 4.83. The zero-order valence-electron chi connectivity index (χ0n) is 10.5. The van der Waals surface area contributed by atoms with Gasteiger partial charge in [-0.3, -0.25) is 4.79 Å². The predicted molar refractivity (Wildman–Crippen MR) is 70.3 cm³/mol. The SMILES string of the molecule is CN1C(=O)CCN(CCCN)c2c(F)cccc21. The third-order valence-electron chi connectivity index (χ3n) is 3.24. The van der Waals surface area contributed by atoms with E-state index in [4.69, 9.17) is 5.73 Å². The number of benzene rings is 1. The van der Waals surface area contributed by atoms with E-state index in [9.17, 15) is 9.18 Å². The largest absolute Gasteiger partial charge is 0.367 e. The number of para-hydroxylation sites is 1. The van der Waals surface area contributed by atoms with Crippen LogP contribution in [-0.2, 0) is 4.79 Å². The van der Waals surface area contributed by atoms with Gasteiger partial charge in [-0.2, -0.15) is 0 Å². The summed E-state index contributed by atoms with van der Waals surface area (Å²) in [4.78, 5) is 15.3. The van der Waals surface area contributed by atoms with E-state index < -0.39 is 0 Å². The lowest BCUT2D eigenvalue weighted by Gasteiger charge is -2.25. The summed E-state index contributed by atoms with van der Waals surface area (Å²) in [5.74, 6) is -0.275. The van der Waals surface area contributed by atoms with E-state index in [1.165, 1.54) is 11.0 Å². The normalized spacial score (nSPS) is 15.6. The topological polar surface area (TPSA) is 49.6 Å². The fourth-order valence-corrected chi connectivity index (χ4v) is 2.24. The monoisotopic (exact) mass is 251 g/mol. The first kappa shape index (κ1) is 12.8. The van der Waals surface area contributed by atoms with Crippen molar-refractivity contribution in [3.8, 4) is 0 Å². The van der Waals surface area contributed by atoms with E-state index in [2.05, 4.69) is 0 Å². The molecule has 0 aliphatic carbocycles. The molecule has 0 atom stereocenters. The zero-order chi connectivity index (χ0) is 13.1. The summed E-state index contributed by atoms with van der Waals surface area (Å²) in [6.07, 6.45) is 1.18. The summed E-state index contributed by atoms with van der Waals surface area (Å²) in [5, 5.41) is 0. The number of hydrogen-bond acceptors (Lipinski definition) is 3. The van der Waals surface area contributed by atoms with Gasteiger partial charge in [-0.05, 0) is 25.1 Å². The Balaban J connectivity index is 2.42. The average molecular weight is 251 g/mol. The molecule has 2 rings (SSSR count). The molecular weight excluding hydrogens is 233 g/mol. The van der Waals surface area contributed by atoms with E-state index in [1.54, 1.807) is 19.2 Å². The summed E-state index contributed by atoms with van der Waals surface area (Å²) < 4.78 is 14.0. The molecule has 0 saturated heterocycles. The summed E-state index contributed by atoms with van der Waals surface area (Å²) in [6.45, 7) is 1.77. The van der Waals surface area contributed by atoms with Crippen LogP contribution in [0.4, 0.5) is 15.8 Å². The van der Waals surface area contributed by atoms with E-state index in [0.717, 1.165) is 6.42 Å². The molecule has 2 N–H and O–H groups in total. The molecule has 18 heavy (non-hydrogen) atoms. The number of nitrogens with two attached hydrogens (primary N) is 1. The summed E-state index contributed by atoms with van der Waals surface area (Å²) >= 11 is 0. The van der Waals surface area contributed by atoms with Crippen LogP contribution >= 0.6 is 0 Å². The Bertz CT molecular complexity index is 450. The molecule has 1 aliphatic rings. The molecular formula is C13H18FN3O. The molecule has 5 heteroatoms. The molecule has 4 nitrogen and oxygen atoms in total. The van der Waals surface area contributed by atoms with Crippen molar-refractivity contribution in [2.45, 2.75) is 12.8 Å². The molecule has 1 heterocycles. The second-order valence-electron chi connectivity index (χ2n) is 4.44. The maximum Gasteiger partial charge on any atom is 0.228 e. The zero-order valence-corrected chi connectivity index (χ0v) is 10.5. The number of halogens is 1. The second-order valence-corrected chi connectivity index (χ2v) is 4.44. The first-order valence-corrected chi connectivity index (χ1v) is 6.15. The van der Waals surface area contributed by atoms with Gasteiger partial charge < -0.3 is 15.5 Å². The van der Waals surface area contributed by atoms with Gasteiger partial charge in [-0.25, -0.2) is 4.39 Å². The quantitative estimate of drug-likeness (QED) is 0.882. The maximum atomic E-state index is 14.0. The Hall–Kier alpha value is -1.62. The Morgan fingerprint density at radius 3 is 2.94 bits per heavy atom. The first-order chi connectivity index (χ1) is 8.65. The number of rotatable bonds is 3. The first-order valence-electron chi connectivity index (χ1n) is 6.15. The van der Waals surface area contributed by atoms with Gasteiger partial charge in [0, 0.05) is 26.6 Å². The Labute approximate surface area is 106 Å². The van der Waals surface area contributed by atoms with Gasteiger partial charge in [0.25, 0.3) is 0 Å². The van der Waals surface area contributed by atoms with Crippen molar-refractivity contribution in [2.75, 3.05) is 36.5 Å². The van der Waals surface area contributed by atoms with Crippen molar-refractivity contribution in [2.24, 2.45) is 5.73 Å². The van der Waals surface area contributed by atoms with Crippen molar-refractivity contribution in [3.05, 3.63) is 24.0 Å². The molecule has 98 valence electrons. The van der Waals surface area contributed by atoms with Crippen LogP contribution in [0.1, 0.15) is 12.8 Å². The Kier molecular flexibility index (Phi) is 3.81. The molecule has 0 unspecified atom stereocenters. The van der Waals surface area contributed by atoms with Crippen LogP contribution in [0.2, 0.25) is 0 Å². The fourth-order valence-electron chi connectivity index (χ4n) is 2.24. The van der Waals surface area contributed by atoms with E-state index >= 15 is 0 Å². The molecule has 0 fully saturated rings. The highest BCUT2D eigenvalue weighted by Crippen LogP contribution is 2.34. The fraction of sp³-hybridized carbons (Fsp3) is 0.462. The van der Waals surface area contributed by atoms with Crippen molar-refractivity contribution in [1.29, 1.82) is 0 Å². The van der Waals surface area contributed by atoms with Crippen LogP contribution in [0, 0.1) is 5.82 Å². The molecule has 0 radical (unpaired) electrons. The van der Waals surface area contributed by atoms with Gasteiger partial charge in [-0.15, -0.1) is 0 Å². The molecule has 0 bridgehead atoms. The number of hydrogen-bond donors (Lipinski definition) is 1. The number of amides is 1. The average Bonchev–Trinajstić information content (AvgIpc) is 2.49. The minimum Gasteiger partial charge on any atom is -0.367 e. The minimum atomic E-state index is -0.286. The highest BCUT2D eigenvalue weighted by Gasteiger charge is 2.25. The van der Waals surface area contributed by atoms with Crippen LogP contribution in [0.25, 0.3) is 0 Å². The van der Waals surface area contributed by atoms with Crippen LogP contribution in [0.5, 0.6) is 0 Å². The summed E-state index contributed by atoms with van der Waals surface area (Å²) in [7, 11) is 1.69. The number of carbonyl (C=O) groups is 1. The standard InChI is InChI=1S/C13H18FN3O/c1-16-11-5-2-4-10(14)13(11)17(8-3-7-15)9-6-12(16)18/h2,4-5H,3,6-9,15H2,1H3. The molecule has 0 saturated carbocycles. The van der Waals surface area contributed by atoms with Crippen LogP contribution < -0.4 is 15.5 Å². The predicted octanol–water partition coefficient (Wildman–Crippen LogP) is 1.35. The lowest BCUT2D eigenvalue weighted by molar-refractivity contribution is -0.118. The highest BCUT2D eigenvalue weighted by atomic mass is 19.1. The van der Waals surface area contributed by atoms with E-state index in [1.807, 2.05) is 4.90 Å².